The highest BCUT2D eigenvalue weighted by atomic mass is 16.6. The van der Waals surface area contributed by atoms with E-state index in [-0.39, 0.29) is 17.8 Å². The molecule has 2 fully saturated rings. The van der Waals surface area contributed by atoms with Gasteiger partial charge < -0.3 is 14.6 Å². The van der Waals surface area contributed by atoms with Crippen LogP contribution in [0.25, 0.3) is 0 Å². The molecular formula is C15H14O3. The van der Waals surface area contributed by atoms with Gasteiger partial charge in [-0.25, -0.2) is 0 Å². The van der Waals surface area contributed by atoms with Crippen LogP contribution in [0.15, 0.2) is 54.3 Å². The van der Waals surface area contributed by atoms with Crippen molar-refractivity contribution < 1.29 is 14.6 Å². The predicted octanol–water partition coefficient (Wildman–Crippen LogP) is 2.10. The van der Waals surface area contributed by atoms with Crippen molar-refractivity contribution in [3.05, 3.63) is 59.9 Å². The van der Waals surface area contributed by atoms with Gasteiger partial charge in [-0.3, -0.25) is 0 Å². The first kappa shape index (κ1) is 10.4. The van der Waals surface area contributed by atoms with Gasteiger partial charge in [0.25, 0.3) is 0 Å². The largest absolute Gasteiger partial charge is 0.484 e. The normalized spacial score (nSPS) is 40.3. The highest BCUT2D eigenvalue weighted by molar-refractivity contribution is 5.38. The van der Waals surface area contributed by atoms with Gasteiger partial charge >= 0.3 is 0 Å². The van der Waals surface area contributed by atoms with E-state index in [1.54, 1.807) is 0 Å². The first-order chi connectivity index (χ1) is 8.79. The molecule has 3 heteroatoms. The minimum atomic E-state index is -0.527. The van der Waals surface area contributed by atoms with Gasteiger partial charge in [-0.15, -0.1) is 0 Å². The Labute approximate surface area is 105 Å². The monoisotopic (exact) mass is 242 g/mol. The van der Waals surface area contributed by atoms with Gasteiger partial charge in [0, 0.05) is 6.42 Å². The summed E-state index contributed by atoms with van der Waals surface area (Å²) in [5.41, 5.74) is 0.631. The first-order valence-corrected chi connectivity index (χ1v) is 6.26. The number of ether oxygens (including phenoxy) is 2. The van der Waals surface area contributed by atoms with E-state index in [9.17, 15) is 5.11 Å². The second-order valence-electron chi connectivity index (χ2n) is 5.06. The highest BCUT2D eigenvalue weighted by Gasteiger charge is 2.64. The van der Waals surface area contributed by atoms with E-state index in [1.165, 1.54) is 0 Å². The summed E-state index contributed by atoms with van der Waals surface area (Å²) in [4.78, 5) is 0. The standard InChI is InChI=1S/C15H14O3/c16-11-9-15-12(7-4-8-13(15)18-15)17-14(11)10-5-2-1-3-6-10/h1-8,11,13-14,16H,9H2. The van der Waals surface area contributed by atoms with Gasteiger partial charge in [-0.1, -0.05) is 42.5 Å². The van der Waals surface area contributed by atoms with Crippen LogP contribution in [-0.2, 0) is 9.47 Å². The third-order valence-electron chi connectivity index (χ3n) is 3.93. The van der Waals surface area contributed by atoms with Gasteiger partial charge in [0.2, 0.25) is 0 Å². The Morgan fingerprint density at radius 3 is 2.89 bits per heavy atom. The van der Waals surface area contributed by atoms with Crippen LogP contribution in [-0.4, -0.2) is 22.9 Å². The average Bonchev–Trinajstić information content (AvgIpc) is 3.10. The zero-order valence-electron chi connectivity index (χ0n) is 9.82. The molecule has 1 spiro atoms. The summed E-state index contributed by atoms with van der Waals surface area (Å²) >= 11 is 0. The molecular weight excluding hydrogens is 228 g/mol. The Morgan fingerprint density at radius 2 is 2.06 bits per heavy atom. The van der Waals surface area contributed by atoms with Crippen molar-refractivity contribution >= 4 is 0 Å². The van der Waals surface area contributed by atoms with Gasteiger partial charge in [0.05, 0.1) is 6.10 Å². The van der Waals surface area contributed by atoms with E-state index in [0.717, 1.165) is 11.3 Å². The molecule has 3 aliphatic rings. The molecule has 2 aliphatic heterocycles. The third-order valence-corrected chi connectivity index (χ3v) is 3.93. The van der Waals surface area contributed by atoms with Crippen molar-refractivity contribution in [2.24, 2.45) is 0 Å². The van der Waals surface area contributed by atoms with Crippen molar-refractivity contribution in [2.45, 2.75) is 30.3 Å². The number of benzene rings is 1. The van der Waals surface area contributed by atoms with Crippen LogP contribution in [0, 0.1) is 0 Å². The fourth-order valence-electron chi connectivity index (χ4n) is 2.94. The first-order valence-electron chi connectivity index (χ1n) is 6.26. The third kappa shape index (κ3) is 1.32. The lowest BCUT2D eigenvalue weighted by Gasteiger charge is -2.35. The molecule has 0 amide bonds. The Kier molecular flexibility index (Phi) is 1.99. The van der Waals surface area contributed by atoms with Crippen LogP contribution in [0.2, 0.25) is 0 Å². The fourth-order valence-corrected chi connectivity index (χ4v) is 2.94. The molecule has 18 heavy (non-hydrogen) atoms. The van der Waals surface area contributed by atoms with E-state index in [2.05, 4.69) is 0 Å². The minimum Gasteiger partial charge on any atom is -0.484 e. The van der Waals surface area contributed by atoms with Crippen LogP contribution >= 0.6 is 0 Å². The molecule has 1 aromatic rings. The summed E-state index contributed by atoms with van der Waals surface area (Å²) < 4.78 is 11.7. The zero-order chi connectivity index (χ0) is 12.2. The molecule has 0 aromatic heterocycles. The Balaban J connectivity index is 1.68. The molecule has 4 unspecified atom stereocenters. The lowest BCUT2D eigenvalue weighted by Crippen LogP contribution is -2.38. The van der Waals surface area contributed by atoms with Crippen molar-refractivity contribution in [3.63, 3.8) is 0 Å². The molecule has 4 rings (SSSR count). The van der Waals surface area contributed by atoms with Crippen LogP contribution in [0.3, 0.4) is 0 Å². The molecule has 92 valence electrons. The molecule has 4 atom stereocenters. The van der Waals surface area contributed by atoms with Crippen molar-refractivity contribution in [2.75, 3.05) is 0 Å². The smallest absolute Gasteiger partial charge is 0.158 e. The maximum Gasteiger partial charge on any atom is 0.158 e. The van der Waals surface area contributed by atoms with Gasteiger partial charge in [0.1, 0.15) is 18.0 Å². The second kappa shape index (κ2) is 3.46. The number of aliphatic hydroxyl groups is 1. The summed E-state index contributed by atoms with van der Waals surface area (Å²) in [6.07, 6.45) is 5.80. The van der Waals surface area contributed by atoms with Crippen LogP contribution in [0.5, 0.6) is 0 Å². The molecule has 3 nitrogen and oxygen atoms in total. The number of allylic oxidation sites excluding steroid dienone is 2. The number of rotatable bonds is 1. The molecule has 1 aliphatic carbocycles. The van der Waals surface area contributed by atoms with E-state index in [1.807, 2.05) is 48.6 Å². The topological polar surface area (TPSA) is 42.0 Å². The van der Waals surface area contributed by atoms with Crippen LogP contribution < -0.4 is 0 Å². The lowest BCUT2D eigenvalue weighted by molar-refractivity contribution is -0.0677. The molecule has 1 N–H and O–H groups in total. The van der Waals surface area contributed by atoms with Gasteiger partial charge in [-0.05, 0) is 11.6 Å². The maximum absolute atomic E-state index is 10.3. The van der Waals surface area contributed by atoms with Crippen molar-refractivity contribution in [3.8, 4) is 0 Å². The number of hydrogen-bond acceptors (Lipinski definition) is 3. The summed E-state index contributed by atoms with van der Waals surface area (Å²) in [6, 6.07) is 9.85. The molecule has 0 bridgehead atoms. The number of aliphatic hydroxyl groups excluding tert-OH is 1. The highest BCUT2D eigenvalue weighted by Crippen LogP contribution is 2.55. The van der Waals surface area contributed by atoms with Crippen molar-refractivity contribution in [1.82, 2.24) is 0 Å². The van der Waals surface area contributed by atoms with E-state index in [0.29, 0.717) is 6.42 Å². The lowest BCUT2D eigenvalue weighted by atomic mass is 9.85. The summed E-state index contributed by atoms with van der Waals surface area (Å²) in [5, 5.41) is 10.3. The summed E-state index contributed by atoms with van der Waals surface area (Å²) in [6.45, 7) is 0. The Hall–Kier alpha value is -1.58. The quantitative estimate of drug-likeness (QED) is 0.767. The van der Waals surface area contributed by atoms with Crippen molar-refractivity contribution in [1.29, 1.82) is 0 Å². The minimum absolute atomic E-state index is 0.0869. The molecule has 1 aromatic carbocycles. The average molecular weight is 242 g/mol. The molecule has 2 heterocycles. The van der Waals surface area contributed by atoms with E-state index in [4.69, 9.17) is 9.47 Å². The Bertz CT molecular complexity index is 534. The number of hydrogen-bond donors (Lipinski definition) is 1. The number of epoxide rings is 1. The zero-order valence-corrected chi connectivity index (χ0v) is 9.82. The second-order valence-corrected chi connectivity index (χ2v) is 5.06. The van der Waals surface area contributed by atoms with E-state index < -0.39 is 6.10 Å². The van der Waals surface area contributed by atoms with Crippen LogP contribution in [0.1, 0.15) is 18.1 Å². The fraction of sp³-hybridized carbons (Fsp3) is 0.333. The van der Waals surface area contributed by atoms with Gasteiger partial charge in [-0.2, -0.15) is 0 Å². The molecule has 0 saturated carbocycles. The SMILES string of the molecule is OC1CC23OC2C=CC=C3OC1c1ccccc1. The molecule has 0 radical (unpaired) electrons. The van der Waals surface area contributed by atoms with Gasteiger partial charge in [0.15, 0.2) is 5.60 Å². The summed E-state index contributed by atoms with van der Waals surface area (Å²) in [7, 11) is 0. The maximum atomic E-state index is 10.3. The summed E-state index contributed by atoms with van der Waals surface area (Å²) in [5.74, 6) is 0.856. The Morgan fingerprint density at radius 1 is 1.22 bits per heavy atom. The van der Waals surface area contributed by atoms with Crippen LogP contribution in [0.4, 0.5) is 0 Å². The predicted molar refractivity (Wildman–Crippen MR) is 65.7 cm³/mol. The van der Waals surface area contributed by atoms with E-state index >= 15 is 0 Å². The molecule has 2 saturated heterocycles.